The minimum atomic E-state index is 0.164. The van der Waals surface area contributed by atoms with E-state index >= 15 is 0 Å². The predicted octanol–water partition coefficient (Wildman–Crippen LogP) is 3.58. The Labute approximate surface area is 151 Å². The van der Waals surface area contributed by atoms with Crippen LogP contribution in [-0.4, -0.2) is 29.2 Å². The van der Waals surface area contributed by atoms with Gasteiger partial charge in [-0.3, -0.25) is 0 Å². The number of nitrogens with one attached hydrogen (secondary N) is 1. The number of benzene rings is 2. The van der Waals surface area contributed by atoms with Crippen molar-refractivity contribution in [3.8, 4) is 16.9 Å². The highest BCUT2D eigenvalue weighted by Crippen LogP contribution is 2.37. The van der Waals surface area contributed by atoms with Gasteiger partial charge in [-0.1, -0.05) is 23.7 Å². The summed E-state index contributed by atoms with van der Waals surface area (Å²) in [5, 5.41) is 4.83. The monoisotopic (exact) mass is 354 g/mol. The second-order valence-electron chi connectivity index (χ2n) is 6.27. The number of ether oxygens (including phenoxy) is 1. The summed E-state index contributed by atoms with van der Waals surface area (Å²) in [7, 11) is 0. The first-order valence-electron chi connectivity index (χ1n) is 8.30. The molecule has 25 heavy (non-hydrogen) atoms. The van der Waals surface area contributed by atoms with Crippen LogP contribution >= 0.6 is 11.6 Å². The molecule has 0 unspecified atom stereocenters. The van der Waals surface area contributed by atoms with Crippen molar-refractivity contribution < 1.29 is 4.74 Å². The van der Waals surface area contributed by atoms with Crippen LogP contribution in [0, 0.1) is 6.92 Å². The topological polar surface area (TPSA) is 73.1 Å². The molecule has 0 aliphatic carbocycles. The molecular formula is C19H19ClN4O. The Balaban J connectivity index is 1.91. The first kappa shape index (κ1) is 16.1. The SMILES string of the molecule is Cc1c(Cl)cccc1-c1cc(O[C@H]2CCNC2)cc2c(N)ncnc12. The number of rotatable bonds is 3. The number of fused-ring (bicyclic) bond motifs is 1. The second-order valence-corrected chi connectivity index (χ2v) is 6.68. The largest absolute Gasteiger partial charge is 0.489 e. The lowest BCUT2D eigenvalue weighted by Gasteiger charge is -2.16. The van der Waals surface area contributed by atoms with Gasteiger partial charge in [0.1, 0.15) is 24.0 Å². The minimum Gasteiger partial charge on any atom is -0.489 e. The Bertz CT molecular complexity index is 938. The molecule has 1 aliphatic heterocycles. The Hall–Kier alpha value is -2.37. The molecule has 1 aromatic heterocycles. The van der Waals surface area contributed by atoms with E-state index in [-0.39, 0.29) is 6.10 Å². The number of aromatic nitrogens is 2. The molecule has 1 fully saturated rings. The zero-order chi connectivity index (χ0) is 17.4. The number of halogens is 1. The molecule has 0 bridgehead atoms. The van der Waals surface area contributed by atoms with E-state index in [1.54, 1.807) is 0 Å². The van der Waals surface area contributed by atoms with Crippen LogP contribution in [0.3, 0.4) is 0 Å². The molecule has 0 radical (unpaired) electrons. The summed E-state index contributed by atoms with van der Waals surface area (Å²) in [5.41, 5.74) is 9.88. The number of anilines is 1. The lowest BCUT2D eigenvalue weighted by molar-refractivity contribution is 0.223. The van der Waals surface area contributed by atoms with Crippen LogP contribution in [0.2, 0.25) is 5.02 Å². The van der Waals surface area contributed by atoms with Crippen molar-refractivity contribution >= 4 is 28.3 Å². The molecule has 2 aromatic carbocycles. The Morgan fingerprint density at radius 1 is 1.24 bits per heavy atom. The van der Waals surface area contributed by atoms with Gasteiger partial charge in [-0.05, 0) is 49.2 Å². The molecule has 2 heterocycles. The predicted molar refractivity (Wildman–Crippen MR) is 101 cm³/mol. The molecular weight excluding hydrogens is 336 g/mol. The standard InChI is InChI=1S/C19H19ClN4O/c1-11-14(3-2-4-17(11)20)15-7-13(25-12-5-6-22-9-12)8-16-18(15)23-10-24-19(16)21/h2-4,7-8,10,12,22H,5-6,9H2,1H3,(H2,21,23,24)/t12-/m0/s1. The van der Waals surface area contributed by atoms with Gasteiger partial charge >= 0.3 is 0 Å². The van der Waals surface area contributed by atoms with Crippen molar-refractivity contribution in [3.63, 3.8) is 0 Å². The van der Waals surface area contributed by atoms with E-state index < -0.39 is 0 Å². The van der Waals surface area contributed by atoms with Crippen molar-refractivity contribution in [2.75, 3.05) is 18.8 Å². The maximum atomic E-state index is 6.33. The molecule has 3 N–H and O–H groups in total. The van der Waals surface area contributed by atoms with Crippen LogP contribution in [0.4, 0.5) is 5.82 Å². The summed E-state index contributed by atoms with van der Waals surface area (Å²) in [6.07, 6.45) is 2.64. The van der Waals surface area contributed by atoms with Crippen molar-refractivity contribution in [1.29, 1.82) is 0 Å². The highest BCUT2D eigenvalue weighted by Gasteiger charge is 2.19. The third-order valence-corrected chi connectivity index (χ3v) is 5.03. The van der Waals surface area contributed by atoms with Gasteiger partial charge in [0.2, 0.25) is 0 Å². The molecule has 5 nitrogen and oxygen atoms in total. The highest BCUT2D eigenvalue weighted by atomic mass is 35.5. The molecule has 3 aromatic rings. The molecule has 0 saturated carbocycles. The zero-order valence-electron chi connectivity index (χ0n) is 13.9. The normalized spacial score (nSPS) is 17.1. The quantitative estimate of drug-likeness (QED) is 0.752. The van der Waals surface area contributed by atoms with E-state index in [4.69, 9.17) is 22.1 Å². The van der Waals surface area contributed by atoms with Crippen molar-refractivity contribution in [2.24, 2.45) is 0 Å². The fourth-order valence-corrected chi connectivity index (χ4v) is 3.43. The number of hydrogen-bond donors (Lipinski definition) is 2. The molecule has 1 aliphatic rings. The van der Waals surface area contributed by atoms with E-state index in [0.717, 1.165) is 57.9 Å². The number of nitrogens with two attached hydrogens (primary N) is 1. The summed E-state index contributed by atoms with van der Waals surface area (Å²) in [5.74, 6) is 1.22. The van der Waals surface area contributed by atoms with Crippen molar-refractivity contribution in [3.05, 3.63) is 47.2 Å². The van der Waals surface area contributed by atoms with Crippen LogP contribution in [0.15, 0.2) is 36.7 Å². The van der Waals surface area contributed by atoms with E-state index in [1.807, 2.05) is 37.3 Å². The number of hydrogen-bond acceptors (Lipinski definition) is 5. The first-order valence-corrected chi connectivity index (χ1v) is 8.68. The Kier molecular flexibility index (Phi) is 4.19. The minimum absolute atomic E-state index is 0.164. The van der Waals surface area contributed by atoms with Crippen LogP contribution in [-0.2, 0) is 0 Å². The molecule has 6 heteroatoms. The van der Waals surface area contributed by atoms with Gasteiger partial charge in [-0.2, -0.15) is 0 Å². The fourth-order valence-electron chi connectivity index (χ4n) is 3.25. The third kappa shape index (κ3) is 3.01. The second kappa shape index (κ2) is 6.50. The summed E-state index contributed by atoms with van der Waals surface area (Å²) in [6.45, 7) is 3.83. The Morgan fingerprint density at radius 3 is 2.92 bits per heavy atom. The molecule has 4 rings (SSSR count). The maximum absolute atomic E-state index is 6.33. The van der Waals surface area contributed by atoms with E-state index in [2.05, 4.69) is 15.3 Å². The van der Waals surface area contributed by atoms with Gasteiger partial charge in [0.05, 0.1) is 5.52 Å². The lowest BCUT2D eigenvalue weighted by atomic mass is 9.97. The average Bonchev–Trinajstić information content (AvgIpc) is 3.11. The van der Waals surface area contributed by atoms with Crippen LogP contribution in [0.1, 0.15) is 12.0 Å². The van der Waals surface area contributed by atoms with E-state index in [9.17, 15) is 0 Å². The lowest BCUT2D eigenvalue weighted by Crippen LogP contribution is -2.19. The smallest absolute Gasteiger partial charge is 0.134 e. The van der Waals surface area contributed by atoms with Gasteiger partial charge in [-0.15, -0.1) is 0 Å². The number of nitrogens with zero attached hydrogens (tertiary/aromatic N) is 2. The van der Waals surface area contributed by atoms with Crippen molar-refractivity contribution in [2.45, 2.75) is 19.4 Å². The molecule has 0 amide bonds. The zero-order valence-corrected chi connectivity index (χ0v) is 14.7. The molecule has 128 valence electrons. The van der Waals surface area contributed by atoms with Crippen LogP contribution in [0.25, 0.3) is 22.0 Å². The van der Waals surface area contributed by atoms with Gasteiger partial charge in [0.25, 0.3) is 0 Å². The fraction of sp³-hybridized carbons (Fsp3) is 0.263. The summed E-state index contributed by atoms with van der Waals surface area (Å²) in [6, 6.07) is 9.80. The maximum Gasteiger partial charge on any atom is 0.134 e. The summed E-state index contributed by atoms with van der Waals surface area (Å²) < 4.78 is 6.16. The Morgan fingerprint density at radius 2 is 2.12 bits per heavy atom. The third-order valence-electron chi connectivity index (χ3n) is 4.62. The van der Waals surface area contributed by atoms with Gasteiger partial charge in [0, 0.05) is 22.5 Å². The van der Waals surface area contributed by atoms with Gasteiger partial charge < -0.3 is 15.8 Å². The van der Waals surface area contributed by atoms with E-state index in [1.165, 1.54) is 6.33 Å². The molecule has 0 spiro atoms. The molecule has 1 saturated heterocycles. The molecule has 1 atom stereocenters. The van der Waals surface area contributed by atoms with Crippen molar-refractivity contribution in [1.82, 2.24) is 15.3 Å². The van der Waals surface area contributed by atoms with Crippen LogP contribution in [0.5, 0.6) is 5.75 Å². The number of nitrogen functional groups attached to an aromatic ring is 1. The summed E-state index contributed by atoms with van der Waals surface area (Å²) in [4.78, 5) is 8.59. The average molecular weight is 355 g/mol. The highest BCUT2D eigenvalue weighted by molar-refractivity contribution is 6.31. The van der Waals surface area contributed by atoms with Gasteiger partial charge in [0.15, 0.2) is 0 Å². The van der Waals surface area contributed by atoms with E-state index in [0.29, 0.717) is 5.82 Å². The first-order chi connectivity index (χ1) is 12.1. The summed E-state index contributed by atoms with van der Waals surface area (Å²) >= 11 is 6.33. The van der Waals surface area contributed by atoms with Crippen LogP contribution < -0.4 is 15.8 Å². The van der Waals surface area contributed by atoms with Gasteiger partial charge in [-0.25, -0.2) is 9.97 Å².